The van der Waals surface area contributed by atoms with Crippen molar-refractivity contribution in [1.29, 1.82) is 0 Å². The quantitative estimate of drug-likeness (QED) is 0.537. The summed E-state index contributed by atoms with van der Waals surface area (Å²) in [7, 11) is 1.54. The smallest absolute Gasteiger partial charge is 0.243 e. The third-order valence-electron chi connectivity index (χ3n) is 5.11. The van der Waals surface area contributed by atoms with Crippen LogP contribution in [0.2, 0.25) is 0 Å². The molecule has 1 saturated heterocycles. The minimum absolute atomic E-state index is 0.0867. The van der Waals surface area contributed by atoms with Gasteiger partial charge in [0.1, 0.15) is 5.75 Å². The summed E-state index contributed by atoms with van der Waals surface area (Å²) in [5.41, 5.74) is 1.58. The summed E-state index contributed by atoms with van der Waals surface area (Å²) < 4.78 is 5.25. The second-order valence-electron chi connectivity index (χ2n) is 7.83. The zero-order chi connectivity index (χ0) is 21.9. The highest BCUT2D eigenvalue weighted by atomic mass is 16.5. The van der Waals surface area contributed by atoms with Crippen molar-refractivity contribution >= 4 is 23.4 Å². The van der Waals surface area contributed by atoms with Crippen LogP contribution >= 0.6 is 0 Å². The molecule has 0 aromatic heterocycles. The summed E-state index contributed by atoms with van der Waals surface area (Å²) >= 11 is 0. The number of anilines is 1. The van der Waals surface area contributed by atoms with Gasteiger partial charge < -0.3 is 20.7 Å². The van der Waals surface area contributed by atoms with Crippen molar-refractivity contribution in [3.8, 4) is 5.75 Å². The predicted octanol–water partition coefficient (Wildman–Crippen LogP) is 1.69. The largest absolute Gasteiger partial charge is 0.495 e. The second-order valence-corrected chi connectivity index (χ2v) is 7.83. The summed E-state index contributed by atoms with van der Waals surface area (Å²) in [6.07, 6.45) is 3.43. The van der Waals surface area contributed by atoms with Crippen LogP contribution in [0.5, 0.6) is 5.75 Å². The molecule has 0 bridgehead atoms. The standard InChI is InChI=1S/C22H34N4O4/c1-4-6-20(27)23-12-17-7-5-10-26(14-17)15-22(29)24-13-21(28)25-18-11-16(2)8-9-19(18)30-3/h8-9,11,17H,4-7,10,12-15H2,1-3H3,(H,23,27)(H,24,29)(H,25,28). The van der Waals surface area contributed by atoms with Crippen LogP contribution in [0.15, 0.2) is 18.2 Å². The summed E-state index contributed by atoms with van der Waals surface area (Å²) in [6.45, 7) is 6.33. The Morgan fingerprint density at radius 1 is 1.17 bits per heavy atom. The normalized spacial score (nSPS) is 16.6. The number of rotatable bonds is 10. The first kappa shape index (κ1) is 23.7. The van der Waals surface area contributed by atoms with E-state index < -0.39 is 0 Å². The molecule has 1 aliphatic heterocycles. The maximum Gasteiger partial charge on any atom is 0.243 e. The number of likely N-dealkylation sites (tertiary alicyclic amines) is 1. The number of amides is 3. The van der Waals surface area contributed by atoms with Crippen molar-refractivity contribution in [2.24, 2.45) is 5.92 Å². The van der Waals surface area contributed by atoms with Crippen LogP contribution in [0, 0.1) is 12.8 Å². The minimum atomic E-state index is -0.303. The third kappa shape index (κ3) is 8.02. The van der Waals surface area contributed by atoms with E-state index in [1.807, 2.05) is 26.0 Å². The Morgan fingerprint density at radius 3 is 2.70 bits per heavy atom. The highest BCUT2D eigenvalue weighted by Gasteiger charge is 2.22. The van der Waals surface area contributed by atoms with E-state index in [4.69, 9.17) is 4.74 Å². The number of ether oxygens (including phenoxy) is 1. The van der Waals surface area contributed by atoms with Gasteiger partial charge in [-0.3, -0.25) is 19.3 Å². The summed E-state index contributed by atoms with van der Waals surface area (Å²) in [4.78, 5) is 38.2. The molecule has 1 unspecified atom stereocenters. The number of methoxy groups -OCH3 is 1. The van der Waals surface area contributed by atoms with Gasteiger partial charge >= 0.3 is 0 Å². The highest BCUT2D eigenvalue weighted by molar-refractivity contribution is 5.96. The van der Waals surface area contributed by atoms with Crippen LogP contribution in [0.1, 0.15) is 38.2 Å². The second kappa shape index (κ2) is 12.2. The summed E-state index contributed by atoms with van der Waals surface area (Å²) in [5.74, 6) is 0.526. The van der Waals surface area contributed by atoms with Gasteiger partial charge in [0.2, 0.25) is 17.7 Å². The van der Waals surface area contributed by atoms with Crippen LogP contribution in [0.3, 0.4) is 0 Å². The SMILES string of the molecule is CCCC(=O)NCC1CCCN(CC(=O)NCC(=O)Nc2cc(C)ccc2OC)C1. The first-order valence-corrected chi connectivity index (χ1v) is 10.6. The molecule has 3 amide bonds. The van der Waals surface area contributed by atoms with Gasteiger partial charge in [-0.25, -0.2) is 0 Å². The molecule has 1 aromatic rings. The third-order valence-corrected chi connectivity index (χ3v) is 5.11. The number of piperidine rings is 1. The topological polar surface area (TPSA) is 99.8 Å². The molecule has 1 fully saturated rings. The molecule has 1 heterocycles. The van der Waals surface area contributed by atoms with E-state index in [-0.39, 0.29) is 30.8 Å². The van der Waals surface area contributed by atoms with E-state index in [1.54, 1.807) is 13.2 Å². The molecular weight excluding hydrogens is 384 g/mol. The molecule has 8 nitrogen and oxygen atoms in total. The Labute approximate surface area is 178 Å². The number of carbonyl (C=O) groups is 3. The summed E-state index contributed by atoms with van der Waals surface area (Å²) in [6, 6.07) is 5.52. The van der Waals surface area contributed by atoms with Crippen molar-refractivity contribution in [3.63, 3.8) is 0 Å². The molecule has 8 heteroatoms. The van der Waals surface area contributed by atoms with Gasteiger partial charge in [-0.1, -0.05) is 13.0 Å². The monoisotopic (exact) mass is 418 g/mol. The molecule has 1 aromatic carbocycles. The van der Waals surface area contributed by atoms with Gasteiger partial charge in [-0.2, -0.15) is 0 Å². The van der Waals surface area contributed by atoms with Crippen molar-refractivity contribution in [1.82, 2.24) is 15.5 Å². The van der Waals surface area contributed by atoms with Gasteiger partial charge in [0.15, 0.2) is 0 Å². The molecule has 2 rings (SSSR count). The summed E-state index contributed by atoms with van der Waals surface area (Å²) in [5, 5.41) is 8.43. The van der Waals surface area contributed by atoms with Crippen LogP contribution < -0.4 is 20.7 Å². The van der Waals surface area contributed by atoms with Gasteiger partial charge in [-0.05, 0) is 56.3 Å². The van der Waals surface area contributed by atoms with Gasteiger partial charge in [0.05, 0.1) is 25.9 Å². The van der Waals surface area contributed by atoms with Gasteiger partial charge in [-0.15, -0.1) is 0 Å². The van der Waals surface area contributed by atoms with E-state index in [0.717, 1.165) is 37.9 Å². The zero-order valence-electron chi connectivity index (χ0n) is 18.3. The fourth-order valence-electron chi connectivity index (χ4n) is 3.59. The van der Waals surface area contributed by atoms with Gasteiger partial charge in [0.25, 0.3) is 0 Å². The van der Waals surface area contributed by atoms with E-state index in [0.29, 0.717) is 30.3 Å². The first-order valence-electron chi connectivity index (χ1n) is 10.6. The van der Waals surface area contributed by atoms with E-state index in [9.17, 15) is 14.4 Å². The number of hydrogen-bond donors (Lipinski definition) is 3. The van der Waals surface area contributed by atoms with Crippen LogP contribution in [0.25, 0.3) is 0 Å². The predicted molar refractivity (Wildman–Crippen MR) is 116 cm³/mol. The molecule has 0 saturated carbocycles. The Bertz CT molecular complexity index is 738. The molecule has 0 aliphatic carbocycles. The van der Waals surface area contributed by atoms with Crippen molar-refractivity contribution in [2.45, 2.75) is 39.5 Å². The number of aryl methyl sites for hydroxylation is 1. The average Bonchev–Trinajstić information content (AvgIpc) is 2.71. The number of nitrogens with one attached hydrogen (secondary N) is 3. The number of hydrogen-bond acceptors (Lipinski definition) is 5. The molecule has 166 valence electrons. The molecule has 1 atom stereocenters. The van der Waals surface area contributed by atoms with Crippen LogP contribution in [0.4, 0.5) is 5.69 Å². The Morgan fingerprint density at radius 2 is 1.97 bits per heavy atom. The lowest BCUT2D eigenvalue weighted by molar-refractivity contribution is -0.125. The molecule has 0 spiro atoms. The molecule has 1 aliphatic rings. The van der Waals surface area contributed by atoms with Crippen molar-refractivity contribution < 1.29 is 19.1 Å². The van der Waals surface area contributed by atoms with E-state index in [2.05, 4.69) is 20.9 Å². The Kier molecular flexibility index (Phi) is 9.60. The molecular formula is C22H34N4O4. The maximum atomic E-state index is 12.3. The van der Waals surface area contributed by atoms with Crippen molar-refractivity contribution in [2.75, 3.05) is 45.2 Å². The Balaban J connectivity index is 1.73. The molecule has 3 N–H and O–H groups in total. The van der Waals surface area contributed by atoms with Crippen LogP contribution in [-0.2, 0) is 14.4 Å². The van der Waals surface area contributed by atoms with E-state index in [1.165, 1.54) is 0 Å². The molecule has 0 radical (unpaired) electrons. The number of nitrogens with zero attached hydrogens (tertiary/aromatic N) is 1. The fourth-order valence-corrected chi connectivity index (χ4v) is 3.59. The minimum Gasteiger partial charge on any atom is -0.495 e. The average molecular weight is 419 g/mol. The fraction of sp³-hybridized carbons (Fsp3) is 0.591. The number of carbonyl (C=O) groups excluding carboxylic acids is 3. The first-order chi connectivity index (χ1) is 14.4. The van der Waals surface area contributed by atoms with Crippen molar-refractivity contribution in [3.05, 3.63) is 23.8 Å². The lowest BCUT2D eigenvalue weighted by Crippen LogP contribution is -2.46. The lowest BCUT2D eigenvalue weighted by Gasteiger charge is -2.32. The zero-order valence-corrected chi connectivity index (χ0v) is 18.3. The highest BCUT2D eigenvalue weighted by Crippen LogP contribution is 2.24. The van der Waals surface area contributed by atoms with Crippen LogP contribution in [-0.4, -0.2) is 62.5 Å². The molecule has 30 heavy (non-hydrogen) atoms. The van der Waals surface area contributed by atoms with Gasteiger partial charge in [0, 0.05) is 19.5 Å². The maximum absolute atomic E-state index is 12.3. The number of benzene rings is 1. The lowest BCUT2D eigenvalue weighted by atomic mass is 9.98. The van der Waals surface area contributed by atoms with E-state index >= 15 is 0 Å². The Hall–Kier alpha value is -2.61.